The third kappa shape index (κ3) is 8.85. The van der Waals surface area contributed by atoms with Gasteiger partial charge in [-0.1, -0.05) is 30.3 Å². The van der Waals surface area contributed by atoms with Crippen molar-refractivity contribution in [3.63, 3.8) is 0 Å². The topological polar surface area (TPSA) is 127 Å². The zero-order valence-corrected chi connectivity index (χ0v) is 15.1. The molecule has 0 saturated heterocycles. The Kier molecular flexibility index (Phi) is 6.76. The van der Waals surface area contributed by atoms with E-state index in [0.717, 1.165) is 5.56 Å². The van der Waals surface area contributed by atoms with Gasteiger partial charge in [0.2, 0.25) is 0 Å². The van der Waals surface area contributed by atoms with E-state index >= 15 is 0 Å². The van der Waals surface area contributed by atoms with E-state index in [2.05, 4.69) is 5.32 Å². The van der Waals surface area contributed by atoms with Gasteiger partial charge in [0.1, 0.15) is 6.61 Å². The van der Waals surface area contributed by atoms with Gasteiger partial charge in [-0.3, -0.25) is 4.55 Å². The van der Waals surface area contributed by atoms with Crippen LogP contribution >= 0.6 is 0 Å². The smallest absolute Gasteiger partial charge is 0.407 e. The number of nitrogens with one attached hydrogen (secondary N) is 1. The summed E-state index contributed by atoms with van der Waals surface area (Å²) in [5, 5.41) is 2.43. The molecule has 1 amide bonds. The van der Waals surface area contributed by atoms with E-state index in [0.29, 0.717) is 0 Å². The molecule has 1 aromatic carbocycles. The number of amides is 1. The molecule has 1 rings (SSSR count). The molecule has 24 heavy (non-hydrogen) atoms. The highest BCUT2D eigenvalue weighted by molar-refractivity contribution is 7.93. The van der Waals surface area contributed by atoms with Crippen molar-refractivity contribution in [2.45, 2.75) is 26.0 Å². The minimum atomic E-state index is -4.37. The van der Waals surface area contributed by atoms with Crippen molar-refractivity contribution in [3.8, 4) is 0 Å². The highest BCUT2D eigenvalue weighted by Gasteiger charge is 2.29. The van der Waals surface area contributed by atoms with Gasteiger partial charge >= 0.3 is 6.09 Å². The van der Waals surface area contributed by atoms with Crippen LogP contribution in [0.5, 0.6) is 0 Å². The highest BCUT2D eigenvalue weighted by Crippen LogP contribution is 2.09. The summed E-state index contributed by atoms with van der Waals surface area (Å²) in [6.07, 6.45) is -0.783. The maximum Gasteiger partial charge on any atom is 0.407 e. The second-order valence-corrected chi connectivity index (χ2v) is 9.70. The summed E-state index contributed by atoms with van der Waals surface area (Å²) >= 11 is 0. The maximum atomic E-state index is 11.9. The Morgan fingerprint density at radius 3 is 2.25 bits per heavy atom. The third-order valence-corrected chi connectivity index (χ3v) is 5.85. The Bertz CT molecular complexity index is 756. The molecule has 0 fully saturated rings. The average Bonchev–Trinajstić information content (AvgIpc) is 2.42. The lowest BCUT2D eigenvalue weighted by Crippen LogP contribution is -2.49. The van der Waals surface area contributed by atoms with E-state index in [-0.39, 0.29) is 6.61 Å². The number of hydrogen-bond donors (Lipinski definition) is 2. The lowest BCUT2D eigenvalue weighted by atomic mass is 10.1. The van der Waals surface area contributed by atoms with Crippen LogP contribution < -0.4 is 5.32 Å². The first kappa shape index (κ1) is 20.4. The number of ether oxygens (including phenoxy) is 1. The van der Waals surface area contributed by atoms with Crippen LogP contribution in [-0.2, 0) is 31.3 Å². The van der Waals surface area contributed by atoms with Gasteiger partial charge in [0, 0.05) is 0 Å². The molecular formula is C14H21NO7S2. The summed E-state index contributed by atoms with van der Waals surface area (Å²) in [5.41, 5.74) is -0.377. The van der Waals surface area contributed by atoms with Crippen LogP contribution in [0.2, 0.25) is 0 Å². The van der Waals surface area contributed by atoms with Crippen molar-refractivity contribution < 1.29 is 30.9 Å². The van der Waals surface area contributed by atoms with Crippen LogP contribution in [0.15, 0.2) is 30.3 Å². The van der Waals surface area contributed by atoms with Gasteiger partial charge in [0.15, 0.2) is 9.84 Å². The molecule has 0 aromatic heterocycles. The number of rotatable bonds is 8. The molecule has 2 N–H and O–H groups in total. The molecule has 0 saturated carbocycles. The van der Waals surface area contributed by atoms with Gasteiger partial charge in [-0.05, 0) is 19.4 Å². The number of carbonyl (C=O) groups excluding carboxylic acids is 1. The molecule has 136 valence electrons. The first-order valence-corrected chi connectivity index (χ1v) is 10.5. The second-order valence-electron chi connectivity index (χ2n) is 5.95. The predicted octanol–water partition coefficient (Wildman–Crippen LogP) is 0.994. The molecule has 0 aliphatic heterocycles. The Hall–Kier alpha value is -1.65. The fourth-order valence-electron chi connectivity index (χ4n) is 1.93. The lowest BCUT2D eigenvalue weighted by Gasteiger charge is -2.25. The summed E-state index contributed by atoms with van der Waals surface area (Å²) in [5.74, 6) is -2.10. The SMILES string of the molecule is CC(C)(CS(=O)(=O)CCS(=O)(=O)O)NC(=O)OCc1ccccc1. The fourth-order valence-corrected chi connectivity index (χ4v) is 5.10. The second kappa shape index (κ2) is 7.95. The van der Waals surface area contributed by atoms with Crippen LogP contribution in [0.3, 0.4) is 0 Å². The Labute approximate surface area is 141 Å². The summed E-state index contributed by atoms with van der Waals surface area (Å²) in [4.78, 5) is 11.8. The molecular weight excluding hydrogens is 358 g/mol. The van der Waals surface area contributed by atoms with E-state index in [1.54, 1.807) is 24.3 Å². The van der Waals surface area contributed by atoms with Crippen LogP contribution in [0.25, 0.3) is 0 Å². The third-order valence-electron chi connectivity index (χ3n) is 2.89. The largest absolute Gasteiger partial charge is 0.445 e. The first-order chi connectivity index (χ1) is 10.9. The lowest BCUT2D eigenvalue weighted by molar-refractivity contribution is 0.131. The Balaban J connectivity index is 2.53. The van der Waals surface area contributed by atoms with Crippen LogP contribution in [-0.4, -0.2) is 50.3 Å². The van der Waals surface area contributed by atoms with E-state index in [9.17, 15) is 21.6 Å². The molecule has 1 aromatic rings. The summed E-state index contributed by atoms with van der Waals surface area (Å²) < 4.78 is 58.7. The molecule has 0 spiro atoms. The standard InChI is InChI=1S/C14H21NO7S2/c1-14(2,11-23(17,18)8-9-24(19,20)21)15-13(16)22-10-12-6-4-3-5-7-12/h3-7H,8-11H2,1-2H3,(H,15,16)(H,19,20,21). The minimum Gasteiger partial charge on any atom is -0.445 e. The Morgan fingerprint density at radius 2 is 1.71 bits per heavy atom. The van der Waals surface area contributed by atoms with Gasteiger partial charge in [0.05, 0.1) is 22.8 Å². The van der Waals surface area contributed by atoms with Crippen LogP contribution in [0, 0.1) is 0 Å². The van der Waals surface area contributed by atoms with Crippen molar-refractivity contribution in [1.29, 1.82) is 0 Å². The molecule has 0 radical (unpaired) electrons. The molecule has 8 nitrogen and oxygen atoms in total. The average molecular weight is 379 g/mol. The molecule has 0 aliphatic rings. The Morgan fingerprint density at radius 1 is 1.12 bits per heavy atom. The molecule has 10 heteroatoms. The molecule has 0 unspecified atom stereocenters. The van der Waals surface area contributed by atoms with Gasteiger partial charge in [-0.15, -0.1) is 0 Å². The minimum absolute atomic E-state index is 0.0399. The number of sulfone groups is 1. The highest BCUT2D eigenvalue weighted by atomic mass is 32.2. The quantitative estimate of drug-likeness (QED) is 0.645. The monoisotopic (exact) mass is 379 g/mol. The van der Waals surface area contributed by atoms with Gasteiger partial charge in [-0.25, -0.2) is 13.2 Å². The number of hydrogen-bond acceptors (Lipinski definition) is 6. The van der Waals surface area contributed by atoms with E-state index in [1.807, 2.05) is 6.07 Å². The van der Waals surface area contributed by atoms with Crippen molar-refractivity contribution in [3.05, 3.63) is 35.9 Å². The normalized spacial score (nSPS) is 12.6. The summed E-state index contributed by atoms with van der Waals surface area (Å²) in [6, 6.07) is 8.96. The van der Waals surface area contributed by atoms with Crippen LogP contribution in [0.1, 0.15) is 19.4 Å². The van der Waals surface area contributed by atoms with Gasteiger partial charge in [0.25, 0.3) is 10.1 Å². The predicted molar refractivity (Wildman–Crippen MR) is 88.9 cm³/mol. The van der Waals surface area contributed by atoms with Crippen molar-refractivity contribution in [1.82, 2.24) is 5.32 Å². The molecule has 0 heterocycles. The number of benzene rings is 1. The van der Waals surface area contributed by atoms with Crippen molar-refractivity contribution in [2.75, 3.05) is 17.3 Å². The molecule has 0 aliphatic carbocycles. The van der Waals surface area contributed by atoms with E-state index in [1.165, 1.54) is 13.8 Å². The van der Waals surface area contributed by atoms with Gasteiger partial charge in [-0.2, -0.15) is 8.42 Å². The number of carbonyl (C=O) groups is 1. The van der Waals surface area contributed by atoms with Crippen LogP contribution in [0.4, 0.5) is 4.79 Å². The van der Waals surface area contributed by atoms with E-state index in [4.69, 9.17) is 9.29 Å². The molecule has 0 bridgehead atoms. The number of alkyl carbamates (subject to hydrolysis) is 1. The maximum absolute atomic E-state index is 11.9. The fraction of sp³-hybridized carbons (Fsp3) is 0.500. The molecule has 0 atom stereocenters. The van der Waals surface area contributed by atoms with Crippen molar-refractivity contribution in [2.24, 2.45) is 0 Å². The first-order valence-electron chi connectivity index (χ1n) is 7.03. The van der Waals surface area contributed by atoms with Crippen molar-refractivity contribution >= 4 is 26.0 Å². The van der Waals surface area contributed by atoms with E-state index < -0.39 is 48.8 Å². The zero-order chi connectivity index (χ0) is 18.4. The zero-order valence-electron chi connectivity index (χ0n) is 13.4. The summed E-state index contributed by atoms with van der Waals surface area (Å²) in [7, 11) is -8.16. The summed E-state index contributed by atoms with van der Waals surface area (Å²) in [6.45, 7) is 2.99. The van der Waals surface area contributed by atoms with Gasteiger partial charge < -0.3 is 10.1 Å².